The number of hydrogen-bond donors (Lipinski definition) is 2. The molecule has 1 amide bonds. The van der Waals surface area contributed by atoms with Crippen molar-refractivity contribution in [1.29, 1.82) is 0 Å². The van der Waals surface area contributed by atoms with Crippen LogP contribution in [0.2, 0.25) is 0 Å². The molecule has 1 aromatic heterocycles. The molecular weight excluding hydrogens is 460 g/mol. The van der Waals surface area contributed by atoms with Crippen molar-refractivity contribution in [3.05, 3.63) is 81.3 Å². The van der Waals surface area contributed by atoms with Crippen molar-refractivity contribution in [2.45, 2.75) is 32.2 Å². The van der Waals surface area contributed by atoms with Crippen molar-refractivity contribution in [2.24, 2.45) is 5.14 Å². The molecule has 0 aliphatic heterocycles. The molecule has 0 radical (unpaired) electrons. The molecule has 11 heteroatoms. The molecule has 1 unspecified atom stereocenters. The van der Waals surface area contributed by atoms with Crippen LogP contribution in [0.3, 0.4) is 0 Å². The van der Waals surface area contributed by atoms with E-state index in [4.69, 9.17) is 5.14 Å². The number of aryl methyl sites for hydroxylation is 1. The van der Waals surface area contributed by atoms with Crippen LogP contribution in [0.1, 0.15) is 34.8 Å². The molecule has 0 aliphatic rings. The third kappa shape index (κ3) is 6.55. The lowest BCUT2D eigenvalue weighted by molar-refractivity contribution is -0.121. The van der Waals surface area contributed by atoms with Crippen molar-refractivity contribution in [2.75, 3.05) is 0 Å². The fourth-order valence-electron chi connectivity index (χ4n) is 3.00. The Hall–Kier alpha value is -2.89. The second-order valence-corrected chi connectivity index (χ2v) is 9.01. The lowest BCUT2D eigenvalue weighted by Gasteiger charge is -2.17. The molecular formula is C21H21F2N3O4S2. The van der Waals surface area contributed by atoms with E-state index in [9.17, 15) is 22.0 Å². The Kier molecular flexibility index (Phi) is 7.54. The number of thiazole rings is 1. The molecule has 1 atom stereocenters. The summed E-state index contributed by atoms with van der Waals surface area (Å²) in [6.45, 7) is 1.96. The number of nitrogens with one attached hydrogen (secondary N) is 1. The Morgan fingerprint density at radius 1 is 1.22 bits per heavy atom. The van der Waals surface area contributed by atoms with Crippen molar-refractivity contribution in [1.82, 2.24) is 10.3 Å². The quantitative estimate of drug-likeness (QED) is 0.488. The van der Waals surface area contributed by atoms with Gasteiger partial charge in [-0.2, -0.15) is 13.6 Å². The molecule has 0 aliphatic carbocycles. The third-order valence-electron chi connectivity index (χ3n) is 4.52. The molecule has 1 heterocycles. The summed E-state index contributed by atoms with van der Waals surface area (Å²) in [4.78, 5) is 17.1. The zero-order chi connectivity index (χ0) is 23.3. The molecule has 0 bridgehead atoms. The second-order valence-electron chi connectivity index (χ2n) is 6.96. The van der Waals surface area contributed by atoms with Crippen LogP contribution in [0, 0.1) is 11.6 Å². The largest absolute Gasteiger partial charge is 0.380 e. The van der Waals surface area contributed by atoms with Crippen LogP contribution in [-0.2, 0) is 34.4 Å². The molecule has 0 fully saturated rings. The Morgan fingerprint density at radius 2 is 1.94 bits per heavy atom. The molecule has 0 saturated heterocycles. The molecule has 170 valence electrons. The Bertz CT molecular complexity index is 1200. The monoisotopic (exact) mass is 481 g/mol. The zero-order valence-electron chi connectivity index (χ0n) is 17.0. The maximum absolute atomic E-state index is 13.9. The summed E-state index contributed by atoms with van der Waals surface area (Å²) in [7, 11) is -4.13. The van der Waals surface area contributed by atoms with Crippen molar-refractivity contribution in [3.63, 3.8) is 0 Å². The summed E-state index contributed by atoms with van der Waals surface area (Å²) in [5, 5.41) is 10.3. The first-order valence-corrected chi connectivity index (χ1v) is 12.0. The summed E-state index contributed by atoms with van der Waals surface area (Å²) in [6, 6.07) is 9.34. The van der Waals surface area contributed by atoms with Crippen LogP contribution < -0.4 is 14.6 Å². The highest BCUT2D eigenvalue weighted by Crippen LogP contribution is 2.24. The maximum atomic E-state index is 13.9. The van der Waals surface area contributed by atoms with E-state index in [2.05, 4.69) is 14.5 Å². The van der Waals surface area contributed by atoms with E-state index in [1.54, 1.807) is 12.1 Å². The average molecular weight is 482 g/mol. The first kappa shape index (κ1) is 23.8. The van der Waals surface area contributed by atoms with Crippen molar-refractivity contribution >= 4 is 27.5 Å². The second kappa shape index (κ2) is 10.2. The first-order chi connectivity index (χ1) is 15.1. The number of hydrogen-bond acceptors (Lipinski definition) is 6. The van der Waals surface area contributed by atoms with Crippen LogP contribution in [-0.4, -0.2) is 19.3 Å². The number of amides is 1. The molecule has 3 N–H and O–H groups in total. The first-order valence-electron chi connectivity index (χ1n) is 9.62. The minimum atomic E-state index is -4.13. The lowest BCUT2D eigenvalue weighted by atomic mass is 10.1. The van der Waals surface area contributed by atoms with E-state index < -0.39 is 33.9 Å². The summed E-state index contributed by atoms with van der Waals surface area (Å²) in [5.74, 6) is -2.49. The van der Waals surface area contributed by atoms with E-state index in [0.29, 0.717) is 11.4 Å². The van der Waals surface area contributed by atoms with Gasteiger partial charge in [-0.05, 0) is 36.6 Å². The van der Waals surface area contributed by atoms with E-state index >= 15 is 0 Å². The van der Waals surface area contributed by atoms with E-state index in [0.717, 1.165) is 23.7 Å². The normalized spacial score (nSPS) is 12.4. The maximum Gasteiger partial charge on any atom is 0.380 e. The van der Waals surface area contributed by atoms with E-state index in [1.807, 2.05) is 12.3 Å². The predicted molar refractivity (Wildman–Crippen MR) is 116 cm³/mol. The molecule has 7 nitrogen and oxygen atoms in total. The van der Waals surface area contributed by atoms with Crippen LogP contribution in [0.5, 0.6) is 5.75 Å². The average Bonchev–Trinajstić information content (AvgIpc) is 3.20. The van der Waals surface area contributed by atoms with Gasteiger partial charge in [-0.1, -0.05) is 31.2 Å². The van der Waals surface area contributed by atoms with Gasteiger partial charge >= 0.3 is 10.3 Å². The van der Waals surface area contributed by atoms with Gasteiger partial charge in [0.1, 0.15) is 10.8 Å². The van der Waals surface area contributed by atoms with Crippen LogP contribution >= 0.6 is 11.3 Å². The van der Waals surface area contributed by atoms with Crippen molar-refractivity contribution < 1.29 is 26.2 Å². The van der Waals surface area contributed by atoms with E-state index in [-0.39, 0.29) is 17.7 Å². The van der Waals surface area contributed by atoms with Gasteiger partial charge < -0.3 is 9.50 Å². The molecule has 0 saturated carbocycles. The predicted octanol–water partition coefficient (Wildman–Crippen LogP) is 3.21. The van der Waals surface area contributed by atoms with Crippen LogP contribution in [0.15, 0.2) is 47.8 Å². The standard InChI is InChI=1S/C21H21F2N3O4S2/c1-2-15-12-31-21(25-15)18(10-13-6-8-16(9-7-13)30-32(24,28)29)26-19(27)11-14-4-3-5-17(22)20(14)23/h3-9,12,18H,2,10-11H2,1H3,(H,26,27)(H2,24,28,29). The molecule has 0 spiro atoms. The molecule has 32 heavy (non-hydrogen) atoms. The SMILES string of the molecule is CCc1csc(C(Cc2ccc(OS(N)(=O)=O)cc2)NC(=O)Cc2cccc(F)c2F)n1. The Balaban J connectivity index is 1.78. The minimum Gasteiger partial charge on any atom is -0.371 e. The van der Waals surface area contributed by atoms with Gasteiger partial charge in [-0.25, -0.2) is 13.8 Å². The summed E-state index contributed by atoms with van der Waals surface area (Å²) >= 11 is 1.39. The highest BCUT2D eigenvalue weighted by atomic mass is 32.2. The van der Waals surface area contributed by atoms with Gasteiger partial charge in [0.05, 0.1) is 18.2 Å². The van der Waals surface area contributed by atoms with Gasteiger partial charge in [0.15, 0.2) is 11.6 Å². The number of aromatic nitrogens is 1. The number of nitrogens with two attached hydrogens (primary N) is 1. The Morgan fingerprint density at radius 3 is 2.56 bits per heavy atom. The van der Waals surface area contributed by atoms with Gasteiger partial charge in [0.2, 0.25) is 5.91 Å². The Labute approximate surface area is 188 Å². The van der Waals surface area contributed by atoms with Crippen LogP contribution in [0.25, 0.3) is 0 Å². The number of benzene rings is 2. The molecule has 3 rings (SSSR count). The van der Waals surface area contributed by atoms with Gasteiger partial charge in [-0.15, -0.1) is 11.3 Å². The summed E-state index contributed by atoms with van der Waals surface area (Å²) in [6.07, 6.45) is 0.738. The highest BCUT2D eigenvalue weighted by molar-refractivity contribution is 7.84. The number of carbonyl (C=O) groups excluding carboxylic acids is 1. The van der Waals surface area contributed by atoms with Gasteiger partial charge in [0.25, 0.3) is 0 Å². The van der Waals surface area contributed by atoms with Gasteiger partial charge in [-0.3, -0.25) is 4.79 Å². The third-order valence-corrected chi connectivity index (χ3v) is 5.96. The number of halogens is 2. The smallest absolute Gasteiger partial charge is 0.371 e. The fourth-order valence-corrected chi connectivity index (χ4v) is 4.33. The summed E-state index contributed by atoms with van der Waals surface area (Å²) in [5.41, 5.74) is 1.60. The molecule has 2 aromatic carbocycles. The summed E-state index contributed by atoms with van der Waals surface area (Å²) < 4.78 is 54.1. The number of carbonyl (C=O) groups is 1. The highest BCUT2D eigenvalue weighted by Gasteiger charge is 2.20. The minimum absolute atomic E-state index is 0.0425. The molecule has 3 aromatic rings. The number of rotatable bonds is 9. The van der Waals surface area contributed by atoms with Crippen LogP contribution in [0.4, 0.5) is 8.78 Å². The number of nitrogens with zero attached hydrogens (tertiary/aromatic N) is 1. The lowest BCUT2D eigenvalue weighted by Crippen LogP contribution is -2.31. The van der Waals surface area contributed by atoms with E-state index in [1.165, 1.54) is 35.6 Å². The fraction of sp³-hybridized carbons (Fsp3) is 0.238. The topological polar surface area (TPSA) is 111 Å². The van der Waals surface area contributed by atoms with Crippen molar-refractivity contribution in [3.8, 4) is 5.75 Å². The van der Waals surface area contributed by atoms with Gasteiger partial charge in [0, 0.05) is 10.9 Å². The zero-order valence-corrected chi connectivity index (χ0v) is 18.7.